The summed E-state index contributed by atoms with van der Waals surface area (Å²) in [5.74, 6) is -2.22. The Morgan fingerprint density at radius 1 is 0.833 bits per heavy atom. The fourth-order valence-electron chi connectivity index (χ4n) is 2.68. The predicted octanol–water partition coefficient (Wildman–Crippen LogP) is 2.27. The summed E-state index contributed by atoms with van der Waals surface area (Å²) in [6, 6.07) is 11.2. The lowest BCUT2D eigenvalue weighted by molar-refractivity contribution is -0.138. The van der Waals surface area contributed by atoms with Crippen molar-refractivity contribution in [3.8, 4) is 0 Å². The summed E-state index contributed by atoms with van der Waals surface area (Å²) in [4.78, 5) is 47.7. The molecule has 24 heavy (non-hydrogen) atoms. The van der Waals surface area contributed by atoms with E-state index < -0.39 is 11.9 Å². The van der Waals surface area contributed by atoms with Crippen molar-refractivity contribution in [3.63, 3.8) is 0 Å². The van der Waals surface area contributed by atoms with Crippen LogP contribution in [0.15, 0.2) is 42.5 Å². The summed E-state index contributed by atoms with van der Waals surface area (Å²) >= 11 is 0. The maximum absolute atomic E-state index is 12.7. The number of amides is 1. The molecular weight excluding hydrogens is 310 g/mol. The highest BCUT2D eigenvalue weighted by Gasteiger charge is 2.31. The van der Waals surface area contributed by atoms with E-state index in [-0.39, 0.29) is 41.2 Å². The second kappa shape index (κ2) is 6.08. The van der Waals surface area contributed by atoms with Crippen LogP contribution in [0.1, 0.15) is 44.7 Å². The first kappa shape index (κ1) is 15.6. The molecule has 2 aromatic rings. The topological polar surface area (TPSA) is 101 Å². The van der Waals surface area contributed by atoms with E-state index in [9.17, 15) is 19.2 Å². The molecule has 0 saturated carbocycles. The van der Waals surface area contributed by atoms with Crippen LogP contribution in [0.25, 0.3) is 0 Å². The van der Waals surface area contributed by atoms with Crippen LogP contribution in [-0.4, -0.2) is 28.5 Å². The molecule has 0 fully saturated rings. The number of rotatable bonds is 4. The SMILES string of the molecule is O=C(O)CCC(=O)Nc1cccc2c1C(=O)c1ccccc1C2=O. The Morgan fingerprint density at radius 3 is 2.12 bits per heavy atom. The number of hydrogen-bond acceptors (Lipinski definition) is 4. The molecule has 6 nitrogen and oxygen atoms in total. The Morgan fingerprint density at radius 2 is 1.46 bits per heavy atom. The van der Waals surface area contributed by atoms with Gasteiger partial charge in [-0.15, -0.1) is 0 Å². The minimum absolute atomic E-state index is 0.143. The van der Waals surface area contributed by atoms with Gasteiger partial charge in [-0.1, -0.05) is 36.4 Å². The molecule has 2 N–H and O–H groups in total. The Hall–Kier alpha value is -3.28. The van der Waals surface area contributed by atoms with Crippen molar-refractivity contribution < 1.29 is 24.3 Å². The van der Waals surface area contributed by atoms with Gasteiger partial charge in [-0.3, -0.25) is 19.2 Å². The molecule has 0 bridgehead atoms. The molecule has 0 atom stereocenters. The normalized spacial score (nSPS) is 12.3. The van der Waals surface area contributed by atoms with Crippen molar-refractivity contribution in [2.75, 3.05) is 5.32 Å². The fraction of sp³-hybridized carbons (Fsp3) is 0.111. The zero-order valence-corrected chi connectivity index (χ0v) is 12.5. The number of carbonyl (C=O) groups excluding carboxylic acids is 3. The van der Waals surface area contributed by atoms with E-state index in [0.29, 0.717) is 11.1 Å². The standard InChI is InChI=1S/C18H13NO5/c20-14(8-9-15(21)22)19-13-7-3-6-12-16(13)18(24)11-5-2-1-4-10(11)17(12)23/h1-7H,8-9H2,(H,19,20)(H,21,22). The fourth-order valence-corrected chi connectivity index (χ4v) is 2.68. The molecule has 1 aliphatic rings. The first-order valence-corrected chi connectivity index (χ1v) is 7.32. The van der Waals surface area contributed by atoms with Gasteiger partial charge in [0.25, 0.3) is 0 Å². The Balaban J connectivity index is 1.98. The van der Waals surface area contributed by atoms with Gasteiger partial charge >= 0.3 is 5.97 Å². The average molecular weight is 323 g/mol. The van der Waals surface area contributed by atoms with Crippen LogP contribution in [0.3, 0.4) is 0 Å². The number of fused-ring (bicyclic) bond motifs is 2. The summed E-state index contributed by atoms with van der Waals surface area (Å²) in [5, 5.41) is 11.2. The van der Waals surface area contributed by atoms with Crippen molar-refractivity contribution in [2.45, 2.75) is 12.8 Å². The highest BCUT2D eigenvalue weighted by atomic mass is 16.4. The van der Waals surface area contributed by atoms with Crippen LogP contribution in [0.2, 0.25) is 0 Å². The molecule has 2 aromatic carbocycles. The Labute approximate surface area is 137 Å². The molecule has 6 heteroatoms. The van der Waals surface area contributed by atoms with Crippen molar-refractivity contribution >= 4 is 29.1 Å². The van der Waals surface area contributed by atoms with Gasteiger partial charge in [-0.25, -0.2) is 0 Å². The first-order chi connectivity index (χ1) is 11.5. The molecule has 1 amide bonds. The van der Waals surface area contributed by atoms with Crippen LogP contribution < -0.4 is 5.32 Å². The smallest absolute Gasteiger partial charge is 0.303 e. The maximum Gasteiger partial charge on any atom is 0.303 e. The lowest BCUT2D eigenvalue weighted by Crippen LogP contribution is -2.24. The summed E-state index contributed by atoms with van der Waals surface area (Å²) in [7, 11) is 0. The van der Waals surface area contributed by atoms with E-state index >= 15 is 0 Å². The van der Waals surface area contributed by atoms with E-state index in [2.05, 4.69) is 5.32 Å². The number of carbonyl (C=O) groups is 4. The zero-order valence-electron chi connectivity index (χ0n) is 12.5. The summed E-state index contributed by atoms with van der Waals surface area (Å²) in [6.45, 7) is 0. The Bertz CT molecular complexity index is 885. The van der Waals surface area contributed by atoms with E-state index in [1.165, 1.54) is 6.07 Å². The molecule has 0 heterocycles. The number of nitrogens with one attached hydrogen (secondary N) is 1. The average Bonchev–Trinajstić information content (AvgIpc) is 2.58. The highest BCUT2D eigenvalue weighted by molar-refractivity contribution is 6.30. The van der Waals surface area contributed by atoms with E-state index in [1.54, 1.807) is 36.4 Å². The summed E-state index contributed by atoms with van der Waals surface area (Å²) < 4.78 is 0. The van der Waals surface area contributed by atoms with Crippen LogP contribution in [0, 0.1) is 0 Å². The number of carboxylic acid groups (broad SMARTS) is 1. The molecular formula is C18H13NO5. The third kappa shape index (κ3) is 2.69. The third-order valence-electron chi connectivity index (χ3n) is 3.79. The van der Waals surface area contributed by atoms with Gasteiger partial charge in [-0.05, 0) is 6.07 Å². The van der Waals surface area contributed by atoms with Gasteiger partial charge in [0.15, 0.2) is 11.6 Å². The van der Waals surface area contributed by atoms with Gasteiger partial charge in [0, 0.05) is 23.1 Å². The largest absolute Gasteiger partial charge is 0.481 e. The van der Waals surface area contributed by atoms with E-state index in [1.807, 2.05) is 0 Å². The van der Waals surface area contributed by atoms with E-state index in [0.717, 1.165) is 0 Å². The number of aliphatic carboxylic acids is 1. The quantitative estimate of drug-likeness (QED) is 0.767. The summed E-state index contributed by atoms with van der Waals surface area (Å²) in [5.41, 5.74) is 1.22. The van der Waals surface area contributed by atoms with Crippen molar-refractivity contribution in [2.24, 2.45) is 0 Å². The van der Waals surface area contributed by atoms with Crippen LogP contribution in [-0.2, 0) is 9.59 Å². The lowest BCUT2D eigenvalue weighted by atomic mass is 9.83. The molecule has 0 saturated heterocycles. The van der Waals surface area contributed by atoms with Crippen molar-refractivity contribution in [1.29, 1.82) is 0 Å². The maximum atomic E-state index is 12.7. The molecule has 1 aliphatic carbocycles. The summed E-state index contributed by atoms with van der Waals surface area (Å²) in [6.07, 6.45) is -0.520. The number of ketones is 2. The lowest BCUT2D eigenvalue weighted by Gasteiger charge is -2.20. The molecule has 0 aromatic heterocycles. The number of carboxylic acids is 1. The van der Waals surface area contributed by atoms with Crippen LogP contribution in [0.5, 0.6) is 0 Å². The van der Waals surface area contributed by atoms with Gasteiger partial charge in [0.2, 0.25) is 5.91 Å². The second-order valence-electron chi connectivity index (χ2n) is 5.37. The molecule has 0 radical (unpaired) electrons. The van der Waals surface area contributed by atoms with E-state index in [4.69, 9.17) is 5.11 Å². The molecule has 0 unspecified atom stereocenters. The van der Waals surface area contributed by atoms with Crippen LogP contribution in [0.4, 0.5) is 5.69 Å². The van der Waals surface area contributed by atoms with Gasteiger partial charge < -0.3 is 10.4 Å². The van der Waals surface area contributed by atoms with Crippen LogP contribution >= 0.6 is 0 Å². The predicted molar refractivity (Wildman–Crippen MR) is 85.2 cm³/mol. The minimum atomic E-state index is -1.08. The van der Waals surface area contributed by atoms with Gasteiger partial charge in [-0.2, -0.15) is 0 Å². The monoisotopic (exact) mass is 323 g/mol. The first-order valence-electron chi connectivity index (χ1n) is 7.32. The number of anilines is 1. The zero-order chi connectivity index (χ0) is 17.3. The highest BCUT2D eigenvalue weighted by Crippen LogP contribution is 2.31. The Kier molecular flexibility index (Phi) is 3.95. The number of benzene rings is 2. The number of hydrogen-bond donors (Lipinski definition) is 2. The molecule has 120 valence electrons. The minimum Gasteiger partial charge on any atom is -0.481 e. The van der Waals surface area contributed by atoms with Crippen molar-refractivity contribution in [1.82, 2.24) is 0 Å². The van der Waals surface area contributed by atoms with Gasteiger partial charge in [0.05, 0.1) is 17.7 Å². The second-order valence-corrected chi connectivity index (χ2v) is 5.37. The molecule has 3 rings (SSSR count). The van der Waals surface area contributed by atoms with Gasteiger partial charge in [0.1, 0.15) is 0 Å². The molecule has 0 aliphatic heterocycles. The molecule has 0 spiro atoms. The van der Waals surface area contributed by atoms with Crippen molar-refractivity contribution in [3.05, 3.63) is 64.7 Å². The third-order valence-corrected chi connectivity index (χ3v) is 3.79.